The van der Waals surface area contributed by atoms with E-state index < -0.39 is 24.9 Å². The molecule has 1 heterocycles. The van der Waals surface area contributed by atoms with Crippen LogP contribution in [-0.4, -0.2) is 28.4 Å². The Kier molecular flexibility index (Phi) is 4.62. The predicted molar refractivity (Wildman–Crippen MR) is 70.9 cm³/mol. The Labute approximate surface area is 119 Å². The van der Waals surface area contributed by atoms with Gasteiger partial charge < -0.3 is 9.88 Å². The first kappa shape index (κ1) is 15.5. The van der Waals surface area contributed by atoms with Gasteiger partial charge in [-0.15, -0.1) is 0 Å². The monoisotopic (exact) mass is 301 g/mol. The predicted octanol–water partition coefficient (Wildman–Crippen LogP) is 3.42. The van der Waals surface area contributed by atoms with Gasteiger partial charge in [0.2, 0.25) is 0 Å². The van der Waals surface area contributed by atoms with Crippen LogP contribution in [0.1, 0.15) is 18.5 Å². The van der Waals surface area contributed by atoms with E-state index in [-0.39, 0.29) is 0 Å². The van der Waals surface area contributed by atoms with Crippen LogP contribution < -0.4 is 5.32 Å². The Morgan fingerprint density at radius 3 is 2.43 bits per heavy atom. The van der Waals surface area contributed by atoms with E-state index in [1.807, 2.05) is 0 Å². The first-order valence-corrected chi connectivity index (χ1v) is 6.38. The van der Waals surface area contributed by atoms with E-state index in [2.05, 4.69) is 10.3 Å². The van der Waals surface area contributed by atoms with Gasteiger partial charge in [-0.3, -0.25) is 0 Å². The molecule has 0 amide bonds. The van der Waals surface area contributed by atoms with Crippen LogP contribution in [0.15, 0.2) is 43.0 Å². The molecule has 7 heteroatoms. The van der Waals surface area contributed by atoms with Gasteiger partial charge in [-0.05, 0) is 24.6 Å². The van der Waals surface area contributed by atoms with Crippen molar-refractivity contribution in [3.8, 4) is 5.69 Å². The largest absolute Gasteiger partial charge is 0.319 e. The van der Waals surface area contributed by atoms with E-state index in [1.54, 1.807) is 54.5 Å². The topological polar surface area (TPSA) is 29.9 Å². The lowest BCUT2D eigenvalue weighted by Crippen LogP contribution is -2.39. The van der Waals surface area contributed by atoms with Crippen LogP contribution >= 0.6 is 0 Å². The molecule has 0 aliphatic heterocycles. The minimum absolute atomic E-state index is 0.452. The Balaban J connectivity index is 1.99. The zero-order valence-electron chi connectivity index (χ0n) is 11.3. The van der Waals surface area contributed by atoms with Crippen molar-refractivity contribution < 1.29 is 17.6 Å². The number of nitrogens with one attached hydrogen (secondary N) is 1. The van der Waals surface area contributed by atoms with Gasteiger partial charge in [-0.2, -0.15) is 8.78 Å². The van der Waals surface area contributed by atoms with Gasteiger partial charge in [-0.1, -0.05) is 12.1 Å². The van der Waals surface area contributed by atoms with E-state index in [0.717, 1.165) is 11.3 Å². The minimum Gasteiger partial charge on any atom is -0.306 e. The molecule has 2 aromatic rings. The van der Waals surface area contributed by atoms with Crippen molar-refractivity contribution in [2.24, 2.45) is 0 Å². The fraction of sp³-hybridized carbons (Fsp3) is 0.357. The lowest BCUT2D eigenvalue weighted by atomic mass is 10.1. The maximum atomic E-state index is 12.8. The normalized spacial score (nSPS) is 13.6. The molecule has 0 aliphatic rings. The summed E-state index contributed by atoms with van der Waals surface area (Å²) in [7, 11) is 0. The molecule has 0 saturated heterocycles. The van der Waals surface area contributed by atoms with Crippen LogP contribution in [0, 0.1) is 0 Å². The summed E-state index contributed by atoms with van der Waals surface area (Å²) in [6, 6.07) is 6.67. The first-order valence-electron chi connectivity index (χ1n) is 6.38. The summed E-state index contributed by atoms with van der Waals surface area (Å²) in [6.45, 7) is 0.586. The molecule has 1 unspecified atom stereocenters. The lowest BCUT2D eigenvalue weighted by molar-refractivity contribution is -0.126. The summed E-state index contributed by atoms with van der Waals surface area (Å²) in [6.07, 6.45) is 1.39. The van der Waals surface area contributed by atoms with Crippen LogP contribution in [-0.2, 0) is 0 Å². The molecule has 0 aliphatic carbocycles. The van der Waals surface area contributed by atoms with Gasteiger partial charge in [0.05, 0.1) is 12.9 Å². The molecule has 1 N–H and O–H groups in total. The van der Waals surface area contributed by atoms with Crippen LogP contribution in [0.2, 0.25) is 0 Å². The molecule has 1 aromatic heterocycles. The number of alkyl halides is 4. The first-order chi connectivity index (χ1) is 9.90. The van der Waals surface area contributed by atoms with Crippen LogP contribution in [0.4, 0.5) is 17.6 Å². The second-order valence-electron chi connectivity index (χ2n) is 4.73. The lowest BCUT2D eigenvalue weighted by Gasteiger charge is -2.20. The Bertz CT molecular complexity index is 552. The van der Waals surface area contributed by atoms with Crippen LogP contribution in [0.5, 0.6) is 0 Å². The third-order valence-electron chi connectivity index (χ3n) is 3.16. The van der Waals surface area contributed by atoms with Crippen LogP contribution in [0.3, 0.4) is 0 Å². The summed E-state index contributed by atoms with van der Waals surface area (Å²) in [5, 5.41) is 2.43. The third-order valence-corrected chi connectivity index (χ3v) is 3.16. The zero-order valence-corrected chi connectivity index (χ0v) is 11.3. The van der Waals surface area contributed by atoms with Gasteiger partial charge in [0.1, 0.15) is 0 Å². The molecule has 0 fully saturated rings. The number of hydrogen-bond donors (Lipinski definition) is 1. The number of halogens is 4. The highest BCUT2D eigenvalue weighted by Gasteiger charge is 2.40. The van der Waals surface area contributed by atoms with E-state index in [4.69, 9.17) is 0 Å². The average molecular weight is 301 g/mol. The second kappa shape index (κ2) is 6.26. The highest BCUT2D eigenvalue weighted by molar-refractivity contribution is 5.35. The number of aromatic nitrogens is 2. The Morgan fingerprint density at radius 2 is 1.90 bits per heavy atom. The van der Waals surface area contributed by atoms with Gasteiger partial charge in [0, 0.05) is 24.1 Å². The van der Waals surface area contributed by atoms with Crippen LogP contribution in [0.25, 0.3) is 5.69 Å². The summed E-state index contributed by atoms with van der Waals surface area (Å²) in [5.41, 5.74) is 1.62. The molecule has 0 saturated carbocycles. The number of nitrogens with zero attached hydrogens (tertiary/aromatic N) is 2. The molecule has 21 heavy (non-hydrogen) atoms. The summed E-state index contributed by atoms with van der Waals surface area (Å²) < 4.78 is 51.7. The molecular weight excluding hydrogens is 286 g/mol. The SMILES string of the molecule is CC(NCC(F)(F)C(F)F)c1ccc(-n2ccnc2)cc1. The molecule has 0 spiro atoms. The van der Waals surface area contributed by atoms with Crippen molar-refractivity contribution in [2.75, 3.05) is 6.54 Å². The Hall–Kier alpha value is -1.89. The fourth-order valence-corrected chi connectivity index (χ4v) is 1.83. The maximum absolute atomic E-state index is 12.8. The van der Waals surface area contributed by atoms with Crippen molar-refractivity contribution >= 4 is 0 Å². The van der Waals surface area contributed by atoms with E-state index in [9.17, 15) is 17.6 Å². The van der Waals surface area contributed by atoms with Gasteiger partial charge in [0.25, 0.3) is 0 Å². The van der Waals surface area contributed by atoms with Crippen molar-refractivity contribution in [1.29, 1.82) is 0 Å². The van der Waals surface area contributed by atoms with Gasteiger partial charge in [-0.25, -0.2) is 13.8 Å². The number of hydrogen-bond acceptors (Lipinski definition) is 2. The van der Waals surface area contributed by atoms with Crippen molar-refractivity contribution in [3.05, 3.63) is 48.5 Å². The van der Waals surface area contributed by atoms with E-state index in [1.165, 1.54) is 0 Å². The van der Waals surface area contributed by atoms with E-state index >= 15 is 0 Å². The Morgan fingerprint density at radius 1 is 1.24 bits per heavy atom. The summed E-state index contributed by atoms with van der Waals surface area (Å²) in [5.74, 6) is -4.02. The molecule has 0 radical (unpaired) electrons. The number of benzene rings is 1. The smallest absolute Gasteiger partial charge is 0.306 e. The molecular formula is C14H15F4N3. The maximum Gasteiger partial charge on any atom is 0.319 e. The van der Waals surface area contributed by atoms with Crippen molar-refractivity contribution in [3.63, 3.8) is 0 Å². The van der Waals surface area contributed by atoms with Crippen molar-refractivity contribution in [1.82, 2.24) is 14.9 Å². The quantitative estimate of drug-likeness (QED) is 0.829. The average Bonchev–Trinajstić information content (AvgIpc) is 2.99. The standard InChI is InChI=1S/C14H15F4N3/c1-10(20-8-14(17,18)13(15)16)11-2-4-12(5-3-11)21-7-6-19-9-21/h2-7,9-10,13,20H,8H2,1H3. The number of imidazole rings is 1. The molecule has 1 atom stereocenters. The molecule has 0 bridgehead atoms. The van der Waals surface area contributed by atoms with E-state index in [0.29, 0.717) is 0 Å². The molecule has 1 aromatic carbocycles. The molecule has 114 valence electrons. The second-order valence-corrected chi connectivity index (χ2v) is 4.73. The third kappa shape index (κ3) is 3.81. The summed E-state index contributed by atoms with van der Waals surface area (Å²) >= 11 is 0. The van der Waals surface area contributed by atoms with Gasteiger partial charge >= 0.3 is 12.3 Å². The fourth-order valence-electron chi connectivity index (χ4n) is 1.83. The van der Waals surface area contributed by atoms with Gasteiger partial charge in [0.15, 0.2) is 0 Å². The number of rotatable bonds is 6. The molecule has 3 nitrogen and oxygen atoms in total. The zero-order chi connectivity index (χ0) is 15.5. The minimum atomic E-state index is -4.02. The highest BCUT2D eigenvalue weighted by atomic mass is 19.3. The molecule has 2 rings (SSSR count). The summed E-state index contributed by atoms with van der Waals surface area (Å²) in [4.78, 5) is 3.93. The van der Waals surface area contributed by atoms with Crippen molar-refractivity contribution in [2.45, 2.75) is 25.3 Å². The highest BCUT2D eigenvalue weighted by Crippen LogP contribution is 2.23.